The molecular weight excluding hydrogens is 270 g/mol. The standard InChI is InChI=1S/C15H21N3OS/c1-4-11-9-16-10-12(11)7-8-13-14(19)18(6-3)15(20)17(13)5-2/h7-9,19H,4-6,10H2,1-3H3. The molecule has 0 atom stereocenters. The van der Waals surface area contributed by atoms with Crippen molar-refractivity contribution in [3.05, 3.63) is 27.7 Å². The first kappa shape index (κ1) is 14.8. The van der Waals surface area contributed by atoms with Crippen LogP contribution in [0.25, 0.3) is 6.08 Å². The van der Waals surface area contributed by atoms with Crippen molar-refractivity contribution < 1.29 is 5.11 Å². The summed E-state index contributed by atoms with van der Waals surface area (Å²) >= 11 is 5.39. The minimum absolute atomic E-state index is 0.244. The molecule has 0 saturated carbocycles. The van der Waals surface area contributed by atoms with Crippen LogP contribution in [0, 0.1) is 4.77 Å². The van der Waals surface area contributed by atoms with Gasteiger partial charge < -0.3 is 9.67 Å². The van der Waals surface area contributed by atoms with Crippen molar-refractivity contribution in [3.63, 3.8) is 0 Å². The Balaban J connectivity index is 2.42. The molecule has 0 unspecified atom stereocenters. The first-order valence-electron chi connectivity index (χ1n) is 7.06. The van der Waals surface area contributed by atoms with E-state index in [0.717, 1.165) is 25.2 Å². The highest BCUT2D eigenvalue weighted by molar-refractivity contribution is 7.71. The van der Waals surface area contributed by atoms with Crippen LogP contribution in [0.2, 0.25) is 0 Å². The molecule has 0 aliphatic carbocycles. The smallest absolute Gasteiger partial charge is 0.217 e. The Labute approximate surface area is 124 Å². The summed E-state index contributed by atoms with van der Waals surface area (Å²) in [6.45, 7) is 8.27. The van der Waals surface area contributed by atoms with E-state index in [2.05, 4.69) is 11.9 Å². The SMILES string of the molecule is CCC1=C(C=Cc2c(O)n(CC)c(=S)n2CC)CN=C1. The van der Waals surface area contributed by atoms with E-state index >= 15 is 0 Å². The molecule has 20 heavy (non-hydrogen) atoms. The van der Waals surface area contributed by atoms with E-state index in [1.54, 1.807) is 4.57 Å². The summed E-state index contributed by atoms with van der Waals surface area (Å²) in [6.07, 6.45) is 6.90. The van der Waals surface area contributed by atoms with Gasteiger partial charge in [-0.25, -0.2) is 0 Å². The van der Waals surface area contributed by atoms with Crippen LogP contribution < -0.4 is 0 Å². The van der Waals surface area contributed by atoms with Crippen LogP contribution in [0.4, 0.5) is 0 Å². The van der Waals surface area contributed by atoms with Crippen molar-refractivity contribution >= 4 is 24.5 Å². The van der Waals surface area contributed by atoms with E-state index in [0.29, 0.717) is 11.3 Å². The van der Waals surface area contributed by atoms with Crippen LogP contribution in [0.3, 0.4) is 0 Å². The summed E-state index contributed by atoms with van der Waals surface area (Å²) in [5.41, 5.74) is 3.25. The summed E-state index contributed by atoms with van der Waals surface area (Å²) in [5.74, 6) is 0.244. The number of hydrogen-bond acceptors (Lipinski definition) is 3. The lowest BCUT2D eigenvalue weighted by Crippen LogP contribution is -1.99. The number of hydrogen-bond donors (Lipinski definition) is 1. The van der Waals surface area contributed by atoms with Gasteiger partial charge in [0.2, 0.25) is 5.88 Å². The summed E-state index contributed by atoms with van der Waals surface area (Å²) in [7, 11) is 0. The molecule has 1 aliphatic rings. The quantitative estimate of drug-likeness (QED) is 0.843. The van der Waals surface area contributed by atoms with Gasteiger partial charge in [-0.3, -0.25) is 9.56 Å². The van der Waals surface area contributed by atoms with Crippen LogP contribution in [-0.2, 0) is 13.1 Å². The molecule has 0 amide bonds. The molecule has 108 valence electrons. The van der Waals surface area contributed by atoms with Gasteiger partial charge in [0.25, 0.3) is 0 Å². The Hall–Kier alpha value is -1.62. The van der Waals surface area contributed by atoms with Gasteiger partial charge in [-0.05, 0) is 49.7 Å². The zero-order valence-electron chi connectivity index (χ0n) is 12.3. The highest BCUT2D eigenvalue weighted by Crippen LogP contribution is 2.24. The third-order valence-corrected chi connectivity index (χ3v) is 4.06. The molecule has 2 rings (SSSR count). The number of imidazole rings is 1. The van der Waals surface area contributed by atoms with Crippen molar-refractivity contribution in [1.29, 1.82) is 0 Å². The molecule has 0 saturated heterocycles. The van der Waals surface area contributed by atoms with Crippen molar-refractivity contribution in [2.45, 2.75) is 40.3 Å². The van der Waals surface area contributed by atoms with Gasteiger partial charge in [-0.2, -0.15) is 0 Å². The predicted molar refractivity (Wildman–Crippen MR) is 86.0 cm³/mol. The summed E-state index contributed by atoms with van der Waals surface area (Å²) in [4.78, 5) is 4.29. The van der Waals surface area contributed by atoms with E-state index in [1.807, 2.05) is 36.8 Å². The van der Waals surface area contributed by atoms with E-state index in [9.17, 15) is 5.11 Å². The van der Waals surface area contributed by atoms with Crippen molar-refractivity contribution in [1.82, 2.24) is 9.13 Å². The Morgan fingerprint density at radius 1 is 1.25 bits per heavy atom. The van der Waals surface area contributed by atoms with Gasteiger partial charge in [0.15, 0.2) is 4.77 Å². The molecule has 0 bridgehead atoms. The Bertz CT molecular complexity index is 647. The third kappa shape index (κ3) is 2.50. The highest BCUT2D eigenvalue weighted by Gasteiger charge is 2.13. The predicted octanol–water partition coefficient (Wildman–Crippen LogP) is 3.57. The fraction of sp³-hybridized carbons (Fsp3) is 0.467. The van der Waals surface area contributed by atoms with Gasteiger partial charge in [0.1, 0.15) is 5.69 Å². The lowest BCUT2D eigenvalue weighted by atomic mass is 10.1. The Morgan fingerprint density at radius 2 is 1.95 bits per heavy atom. The number of aromatic nitrogens is 2. The number of allylic oxidation sites excluding steroid dienone is 1. The van der Waals surface area contributed by atoms with Crippen LogP contribution in [0.5, 0.6) is 5.88 Å². The van der Waals surface area contributed by atoms with Crippen LogP contribution in [-0.4, -0.2) is 27.0 Å². The molecule has 1 aliphatic heterocycles. The van der Waals surface area contributed by atoms with Gasteiger partial charge in [0, 0.05) is 19.3 Å². The number of nitrogens with zero attached hydrogens (tertiary/aromatic N) is 3. The fourth-order valence-corrected chi connectivity index (χ4v) is 2.89. The van der Waals surface area contributed by atoms with E-state index in [1.165, 1.54) is 11.1 Å². The second-order valence-electron chi connectivity index (χ2n) is 4.69. The minimum Gasteiger partial charge on any atom is -0.493 e. The number of rotatable bonds is 5. The number of aromatic hydroxyl groups is 1. The summed E-state index contributed by atoms with van der Waals surface area (Å²) < 4.78 is 4.37. The topological polar surface area (TPSA) is 42.5 Å². The van der Waals surface area contributed by atoms with Gasteiger partial charge in [-0.1, -0.05) is 13.0 Å². The Morgan fingerprint density at radius 3 is 2.55 bits per heavy atom. The maximum absolute atomic E-state index is 10.3. The molecular formula is C15H21N3OS. The van der Waals surface area contributed by atoms with E-state index in [-0.39, 0.29) is 5.88 Å². The van der Waals surface area contributed by atoms with Crippen LogP contribution >= 0.6 is 12.2 Å². The van der Waals surface area contributed by atoms with Crippen LogP contribution in [0.15, 0.2) is 22.2 Å². The molecule has 0 spiro atoms. The second-order valence-corrected chi connectivity index (χ2v) is 5.05. The average molecular weight is 291 g/mol. The highest BCUT2D eigenvalue weighted by atomic mass is 32.1. The van der Waals surface area contributed by atoms with Crippen molar-refractivity contribution in [2.75, 3.05) is 6.54 Å². The second kappa shape index (κ2) is 6.22. The molecule has 2 heterocycles. The first-order chi connectivity index (χ1) is 9.63. The first-order valence-corrected chi connectivity index (χ1v) is 7.47. The largest absolute Gasteiger partial charge is 0.493 e. The lowest BCUT2D eigenvalue weighted by molar-refractivity contribution is 0.419. The molecule has 4 nitrogen and oxygen atoms in total. The summed E-state index contributed by atoms with van der Waals surface area (Å²) in [6, 6.07) is 0. The molecule has 0 radical (unpaired) electrons. The van der Waals surface area contributed by atoms with E-state index in [4.69, 9.17) is 12.2 Å². The van der Waals surface area contributed by atoms with Crippen LogP contribution in [0.1, 0.15) is 32.9 Å². The average Bonchev–Trinajstić information content (AvgIpc) is 2.99. The summed E-state index contributed by atoms with van der Waals surface area (Å²) in [5, 5.41) is 10.3. The van der Waals surface area contributed by atoms with Gasteiger partial charge in [0.05, 0.1) is 6.54 Å². The van der Waals surface area contributed by atoms with Crippen molar-refractivity contribution in [2.24, 2.45) is 4.99 Å². The van der Waals surface area contributed by atoms with Gasteiger partial charge >= 0.3 is 0 Å². The monoisotopic (exact) mass is 291 g/mol. The van der Waals surface area contributed by atoms with Gasteiger partial charge in [-0.15, -0.1) is 0 Å². The molecule has 5 heteroatoms. The molecule has 1 aromatic rings. The molecule has 1 aromatic heterocycles. The minimum atomic E-state index is 0.244. The molecule has 0 aromatic carbocycles. The fourth-order valence-electron chi connectivity index (χ4n) is 2.45. The lowest BCUT2D eigenvalue weighted by Gasteiger charge is -2.01. The third-order valence-electron chi connectivity index (χ3n) is 3.61. The normalized spacial score (nSPS) is 14.9. The van der Waals surface area contributed by atoms with Crippen molar-refractivity contribution in [3.8, 4) is 5.88 Å². The Kier molecular flexibility index (Phi) is 4.60. The zero-order chi connectivity index (χ0) is 14.7. The molecule has 0 fully saturated rings. The maximum atomic E-state index is 10.3. The van der Waals surface area contributed by atoms with E-state index < -0.39 is 0 Å². The molecule has 1 N–H and O–H groups in total. The zero-order valence-corrected chi connectivity index (χ0v) is 13.1. The maximum Gasteiger partial charge on any atom is 0.217 e. The number of aliphatic imine (C=N–C) groups is 1.